The minimum atomic E-state index is -1.19. The molecule has 7 atom stereocenters. The molecule has 5 aliphatic heterocycles. The zero-order valence-electron chi connectivity index (χ0n) is 25.4. The van der Waals surface area contributed by atoms with Gasteiger partial charge >= 0.3 is 17.9 Å². The molecule has 0 spiro atoms. The number of piperazine rings is 1. The minimum Gasteiger partial charge on any atom is -0.504 e. The molecule has 4 bridgehead atoms. The second-order valence-corrected chi connectivity index (χ2v) is 13.1. The Morgan fingerprint density at radius 3 is 2.53 bits per heavy atom. The molecule has 3 N–H and O–H groups in total. The third kappa shape index (κ3) is 4.52. The predicted molar refractivity (Wildman–Crippen MR) is 157 cm³/mol. The van der Waals surface area contributed by atoms with Crippen LogP contribution in [0.3, 0.4) is 0 Å². The van der Waals surface area contributed by atoms with Crippen LogP contribution in [0.4, 0.5) is 0 Å². The Labute approximate surface area is 263 Å². The molecule has 2 aromatic carbocycles. The minimum absolute atomic E-state index is 0.00396. The van der Waals surface area contributed by atoms with Crippen LogP contribution in [0, 0.1) is 13.8 Å². The molecule has 7 rings (SSSR count). The number of rotatable bonds is 3. The molecule has 14 heteroatoms. The van der Waals surface area contributed by atoms with Gasteiger partial charge in [-0.1, -0.05) is 6.07 Å². The second kappa shape index (κ2) is 11.0. The van der Waals surface area contributed by atoms with Crippen molar-refractivity contribution in [2.24, 2.45) is 0 Å². The van der Waals surface area contributed by atoms with E-state index in [1.165, 1.54) is 32.7 Å². The average molecular weight is 643 g/mol. The van der Waals surface area contributed by atoms with Gasteiger partial charge in [-0.2, -0.15) is 0 Å². The zero-order valence-corrected chi connectivity index (χ0v) is 26.2. The van der Waals surface area contributed by atoms with Crippen molar-refractivity contribution in [3.05, 3.63) is 39.4 Å². The van der Waals surface area contributed by atoms with Crippen molar-refractivity contribution >= 4 is 29.7 Å². The molecular formula is C31H34N2O11S. The van der Waals surface area contributed by atoms with Gasteiger partial charge in [-0.25, -0.2) is 4.79 Å². The van der Waals surface area contributed by atoms with Crippen molar-refractivity contribution in [1.29, 1.82) is 0 Å². The van der Waals surface area contributed by atoms with Crippen LogP contribution in [0.25, 0.3) is 0 Å². The molecule has 2 aromatic rings. The van der Waals surface area contributed by atoms with Gasteiger partial charge in [0.25, 0.3) is 0 Å². The first-order valence-electron chi connectivity index (χ1n) is 14.7. The second-order valence-electron chi connectivity index (χ2n) is 11.9. The highest BCUT2D eigenvalue weighted by molar-refractivity contribution is 7.99. The van der Waals surface area contributed by atoms with Gasteiger partial charge in [0.15, 0.2) is 23.0 Å². The number of carbonyl (C=O) groups is 3. The fraction of sp³-hybridized carbons (Fsp3) is 0.516. The molecule has 240 valence electrons. The van der Waals surface area contributed by atoms with Crippen LogP contribution in [0.15, 0.2) is 6.07 Å². The van der Waals surface area contributed by atoms with E-state index in [4.69, 9.17) is 28.4 Å². The van der Waals surface area contributed by atoms with Gasteiger partial charge in [-0.15, -0.1) is 11.8 Å². The Morgan fingerprint density at radius 2 is 1.82 bits per heavy atom. The Bertz CT molecular complexity index is 1630. The fourth-order valence-electron chi connectivity index (χ4n) is 7.65. The third-order valence-corrected chi connectivity index (χ3v) is 10.6. The third-order valence-electron chi connectivity index (χ3n) is 9.25. The van der Waals surface area contributed by atoms with E-state index in [2.05, 4.69) is 5.32 Å². The smallest absolute Gasteiger partial charge is 0.348 e. The number of ether oxygens (including phenoxy) is 6. The SMILES string of the molecule is COc1c(C)cc2c(c1O)[C@@H]1N[C@H](C2)[C@H](O)N2C1[C@@H]1SC[C@H](OC(C)=O)C(=O)OC[C@H]2c2c3c(c(C)c(OC(C)=O)c21)OCO3. The lowest BCUT2D eigenvalue weighted by Gasteiger charge is -2.59. The number of methoxy groups -OCH3 is 1. The maximum atomic E-state index is 13.2. The van der Waals surface area contributed by atoms with Gasteiger partial charge in [0, 0.05) is 47.9 Å². The van der Waals surface area contributed by atoms with Crippen LogP contribution in [0.2, 0.25) is 0 Å². The van der Waals surface area contributed by atoms with Crippen molar-refractivity contribution in [2.75, 3.05) is 26.3 Å². The number of aryl methyl sites for hydroxylation is 1. The molecule has 5 heterocycles. The highest BCUT2D eigenvalue weighted by Gasteiger charge is 2.58. The summed E-state index contributed by atoms with van der Waals surface area (Å²) in [5, 5.41) is 26.6. The number of phenolic OH excluding ortho intramolecular Hbond substituents is 1. The number of esters is 3. The van der Waals surface area contributed by atoms with E-state index in [0.29, 0.717) is 45.9 Å². The van der Waals surface area contributed by atoms with Crippen molar-refractivity contribution in [3.8, 4) is 28.7 Å². The monoisotopic (exact) mass is 642 g/mol. The van der Waals surface area contributed by atoms with Crippen molar-refractivity contribution in [2.45, 2.75) is 75.9 Å². The van der Waals surface area contributed by atoms with Gasteiger partial charge in [0.05, 0.1) is 30.5 Å². The van der Waals surface area contributed by atoms with E-state index in [9.17, 15) is 24.6 Å². The summed E-state index contributed by atoms with van der Waals surface area (Å²) in [4.78, 5) is 39.6. The number of benzene rings is 2. The summed E-state index contributed by atoms with van der Waals surface area (Å²) in [6.07, 6.45) is -1.82. The van der Waals surface area contributed by atoms with Crippen LogP contribution in [0.1, 0.15) is 64.6 Å². The lowest BCUT2D eigenvalue weighted by Crippen LogP contribution is -2.69. The molecule has 0 amide bonds. The van der Waals surface area contributed by atoms with Gasteiger partial charge in [-0.05, 0) is 31.4 Å². The van der Waals surface area contributed by atoms with Crippen LogP contribution >= 0.6 is 11.8 Å². The first kappa shape index (κ1) is 30.0. The number of aliphatic hydroxyl groups excluding tert-OH is 1. The average Bonchev–Trinajstić information content (AvgIpc) is 3.48. The number of hydrogen-bond acceptors (Lipinski definition) is 14. The molecule has 45 heavy (non-hydrogen) atoms. The predicted octanol–water partition coefficient (Wildman–Crippen LogP) is 2.25. The number of thioether (sulfide) groups is 1. The summed E-state index contributed by atoms with van der Waals surface area (Å²) in [5.41, 5.74) is 4.06. The molecule has 5 aliphatic rings. The molecule has 1 unspecified atom stereocenters. The molecule has 0 radical (unpaired) electrons. The highest BCUT2D eigenvalue weighted by Crippen LogP contribution is 2.62. The van der Waals surface area contributed by atoms with E-state index in [-0.39, 0.29) is 30.7 Å². The number of nitrogens with one attached hydrogen (secondary N) is 1. The summed E-state index contributed by atoms with van der Waals surface area (Å²) in [5.74, 6) is -0.391. The molecule has 0 aliphatic carbocycles. The summed E-state index contributed by atoms with van der Waals surface area (Å²) < 4.78 is 34.6. The largest absolute Gasteiger partial charge is 0.504 e. The Kier molecular flexibility index (Phi) is 7.30. The number of carbonyl (C=O) groups excluding carboxylic acids is 3. The normalized spacial score (nSPS) is 29.6. The molecule has 13 nitrogen and oxygen atoms in total. The lowest BCUT2D eigenvalue weighted by atomic mass is 9.74. The van der Waals surface area contributed by atoms with Gasteiger partial charge in [0.1, 0.15) is 18.6 Å². The molecule has 0 aromatic heterocycles. The number of hydrogen-bond donors (Lipinski definition) is 3. The van der Waals surface area contributed by atoms with Crippen molar-refractivity contribution in [1.82, 2.24) is 10.2 Å². The van der Waals surface area contributed by atoms with Gasteiger partial charge in [-0.3, -0.25) is 14.5 Å². The molecular weight excluding hydrogens is 608 g/mol. The van der Waals surface area contributed by atoms with E-state index in [1.54, 1.807) is 6.92 Å². The topological polar surface area (TPSA) is 162 Å². The van der Waals surface area contributed by atoms with Crippen LogP contribution in [-0.4, -0.2) is 83.7 Å². The maximum Gasteiger partial charge on any atom is 0.348 e. The highest BCUT2D eigenvalue weighted by atomic mass is 32.2. The van der Waals surface area contributed by atoms with Crippen LogP contribution in [0.5, 0.6) is 28.7 Å². The van der Waals surface area contributed by atoms with Gasteiger partial charge < -0.3 is 44.0 Å². The Balaban J connectivity index is 1.50. The summed E-state index contributed by atoms with van der Waals surface area (Å²) in [6, 6.07) is -0.369. The van der Waals surface area contributed by atoms with E-state index >= 15 is 0 Å². The first-order valence-corrected chi connectivity index (χ1v) is 15.8. The van der Waals surface area contributed by atoms with Crippen molar-refractivity contribution < 1.29 is 53.0 Å². The number of nitrogens with zero attached hydrogens (tertiary/aromatic N) is 1. The standard InChI is InChI=1S/C31H34N2O11S/c1-11-6-15-7-16-30(37)33-17-8-40-31(38)18(43-13(3)34)9-45-29(23(33)22(32-16)19(15)24(36)25(11)39-5)21-20(17)28-27(41-10-42-28)12(2)26(21)44-14(4)35/h6,16-18,22-23,29-30,32,36-37H,7-10H2,1-5H3/t16-,17+,18+,22+,23?,29-,30+/m1/s1. The Morgan fingerprint density at radius 1 is 1.07 bits per heavy atom. The number of aliphatic hydroxyl groups is 1. The number of aromatic hydroxyl groups is 1. The number of cyclic esters (lactones) is 1. The van der Waals surface area contributed by atoms with E-state index in [1.807, 2.05) is 17.9 Å². The van der Waals surface area contributed by atoms with E-state index < -0.39 is 59.7 Å². The van der Waals surface area contributed by atoms with Crippen LogP contribution < -0.4 is 24.3 Å². The summed E-state index contributed by atoms with van der Waals surface area (Å²) >= 11 is 1.30. The molecule has 2 saturated heterocycles. The summed E-state index contributed by atoms with van der Waals surface area (Å²) in [6.45, 7) is 5.88. The number of fused-ring (bicyclic) bond motifs is 9. The fourth-order valence-corrected chi connectivity index (χ4v) is 9.13. The quantitative estimate of drug-likeness (QED) is 0.330. The van der Waals surface area contributed by atoms with E-state index in [0.717, 1.165) is 11.1 Å². The maximum absolute atomic E-state index is 13.2. The first-order chi connectivity index (χ1) is 21.5. The molecule has 2 fully saturated rings. The van der Waals surface area contributed by atoms with Crippen molar-refractivity contribution in [3.63, 3.8) is 0 Å². The Hall–Kier alpha value is -3.72. The van der Waals surface area contributed by atoms with Gasteiger partial charge in [0.2, 0.25) is 12.9 Å². The number of phenols is 1. The van der Waals surface area contributed by atoms with Crippen LogP contribution in [-0.2, 0) is 30.3 Å². The zero-order chi connectivity index (χ0) is 31.9. The lowest BCUT2D eigenvalue weighted by molar-refractivity contribution is -0.172. The summed E-state index contributed by atoms with van der Waals surface area (Å²) in [7, 11) is 1.50. The molecule has 0 saturated carbocycles.